The fraction of sp³-hybridized carbons (Fsp3) is 0.417. The average Bonchev–Trinajstić information content (AvgIpc) is 2.29. The summed E-state index contributed by atoms with van der Waals surface area (Å²) in [5.74, 6) is -0.0508. The van der Waals surface area contributed by atoms with Gasteiger partial charge in [0.05, 0.1) is 0 Å². The molecule has 1 unspecified atom stereocenters. The second-order valence-electron chi connectivity index (χ2n) is 3.61. The molecule has 0 radical (unpaired) electrons. The number of nitrogens with one attached hydrogen (secondary N) is 2. The fourth-order valence-corrected chi connectivity index (χ4v) is 1.25. The first-order valence-electron chi connectivity index (χ1n) is 5.26. The van der Waals surface area contributed by atoms with Crippen LogP contribution in [0.25, 0.3) is 0 Å². The highest BCUT2D eigenvalue weighted by atomic mass is 16.1. The Kier molecular flexibility index (Phi) is 4.16. The Balaban J connectivity index is 0. The molecule has 3 heteroatoms. The van der Waals surface area contributed by atoms with Gasteiger partial charge in [-0.25, -0.2) is 0 Å². The van der Waals surface area contributed by atoms with Gasteiger partial charge in [-0.05, 0) is 37.6 Å². The van der Waals surface area contributed by atoms with Crippen molar-refractivity contribution >= 4 is 11.6 Å². The zero-order valence-corrected chi connectivity index (χ0v) is 9.50. The minimum absolute atomic E-state index is 0. The molecule has 0 fully saturated rings. The molecule has 2 N–H and O–H groups in total. The summed E-state index contributed by atoms with van der Waals surface area (Å²) in [4.78, 5) is 11.3. The molecule has 1 amide bonds. The molecule has 0 aliphatic rings. The lowest BCUT2D eigenvalue weighted by Gasteiger charge is -2.12. The molecule has 0 heterocycles. The first-order chi connectivity index (χ1) is 7.17. The van der Waals surface area contributed by atoms with Gasteiger partial charge >= 0.3 is 0 Å². The number of anilines is 1. The van der Waals surface area contributed by atoms with Gasteiger partial charge in [0, 0.05) is 27.2 Å². The van der Waals surface area contributed by atoms with Crippen LogP contribution in [0.2, 0.25) is 0 Å². The largest absolute Gasteiger partial charge is 0.383 e. The molecule has 3 nitrogen and oxygen atoms in total. The summed E-state index contributed by atoms with van der Waals surface area (Å²) >= 11 is 0. The van der Waals surface area contributed by atoms with Crippen molar-refractivity contribution < 1.29 is 7.65 Å². The van der Waals surface area contributed by atoms with E-state index in [-0.39, 0.29) is 8.76 Å². The summed E-state index contributed by atoms with van der Waals surface area (Å²) < 4.78 is 0. The molecular weight excluding hydrogens is 188 g/mol. The Bertz CT molecular complexity index is 328. The van der Waals surface area contributed by atoms with Crippen LogP contribution in [-0.4, -0.2) is 19.0 Å². The van der Waals surface area contributed by atoms with E-state index in [1.165, 1.54) is 0 Å². The fourth-order valence-electron chi connectivity index (χ4n) is 1.25. The second kappa shape index (κ2) is 5.39. The molecule has 1 aromatic rings. The number of benzene rings is 1. The summed E-state index contributed by atoms with van der Waals surface area (Å²) in [5.41, 5.74) is 1.74. The van der Waals surface area contributed by atoms with Crippen molar-refractivity contribution in [1.29, 1.82) is 0 Å². The predicted octanol–water partition coefficient (Wildman–Crippen LogP) is 2.75. The molecule has 1 aromatic carbocycles. The van der Waals surface area contributed by atoms with Crippen LogP contribution in [0.5, 0.6) is 0 Å². The van der Waals surface area contributed by atoms with Crippen molar-refractivity contribution in [2.24, 2.45) is 0 Å². The lowest BCUT2D eigenvalue weighted by atomic mass is 10.1. The van der Waals surface area contributed by atoms with E-state index in [0.29, 0.717) is 11.6 Å². The Morgan fingerprint density at radius 1 is 1.40 bits per heavy atom. The summed E-state index contributed by atoms with van der Waals surface area (Å²) in [6.45, 7) is 4.27. The Hall–Kier alpha value is -1.51. The van der Waals surface area contributed by atoms with Crippen molar-refractivity contribution in [1.82, 2.24) is 5.32 Å². The second-order valence-corrected chi connectivity index (χ2v) is 3.61. The molecule has 1 atom stereocenters. The maximum atomic E-state index is 11.3. The van der Waals surface area contributed by atoms with Crippen LogP contribution < -0.4 is 10.6 Å². The van der Waals surface area contributed by atoms with Crippen LogP contribution in [-0.2, 0) is 0 Å². The molecule has 15 heavy (non-hydrogen) atoms. The Morgan fingerprint density at radius 2 is 2.00 bits per heavy atom. The molecule has 0 aliphatic heterocycles. The smallest absolute Gasteiger partial charge is 0.251 e. The number of carbonyl (C=O) groups is 1. The van der Waals surface area contributed by atoms with Crippen LogP contribution >= 0.6 is 0 Å². The molecule has 0 saturated carbocycles. The highest BCUT2D eigenvalue weighted by Crippen LogP contribution is 2.11. The molecule has 0 spiro atoms. The summed E-state index contributed by atoms with van der Waals surface area (Å²) in [6.07, 6.45) is 1.08. The first-order valence-corrected chi connectivity index (χ1v) is 5.26. The Morgan fingerprint density at radius 3 is 2.47 bits per heavy atom. The quantitative estimate of drug-likeness (QED) is 0.802. The van der Waals surface area contributed by atoms with Crippen molar-refractivity contribution in [3.8, 4) is 0 Å². The molecule has 0 aromatic heterocycles. The lowest BCUT2D eigenvalue weighted by Crippen LogP contribution is -2.18. The van der Waals surface area contributed by atoms with Gasteiger partial charge < -0.3 is 10.6 Å². The molecule has 0 saturated heterocycles. The van der Waals surface area contributed by atoms with Gasteiger partial charge in [-0.3, -0.25) is 4.79 Å². The number of hydrogen-bond donors (Lipinski definition) is 2. The van der Waals surface area contributed by atoms with Gasteiger partial charge in [-0.2, -0.15) is 0 Å². The summed E-state index contributed by atoms with van der Waals surface area (Å²) in [5, 5.41) is 5.94. The van der Waals surface area contributed by atoms with Crippen molar-refractivity contribution in [3.05, 3.63) is 29.8 Å². The van der Waals surface area contributed by atoms with Crippen LogP contribution in [0, 0.1) is 0 Å². The number of amides is 1. The van der Waals surface area contributed by atoms with Crippen LogP contribution in [0.1, 0.15) is 33.5 Å². The maximum Gasteiger partial charge on any atom is 0.251 e. The molecular formula is C12H22N2O. The summed E-state index contributed by atoms with van der Waals surface area (Å²) in [7, 11) is 1.63. The van der Waals surface area contributed by atoms with Crippen molar-refractivity contribution in [3.63, 3.8) is 0 Å². The SMILES string of the molecule is CCC(C)Nc1ccc(C(=O)NC)cc1.[HH].[HH]. The lowest BCUT2D eigenvalue weighted by molar-refractivity contribution is 0.0963. The van der Waals surface area contributed by atoms with Gasteiger partial charge in [0.25, 0.3) is 5.91 Å². The minimum atomic E-state index is -0.0508. The van der Waals surface area contributed by atoms with E-state index in [1.54, 1.807) is 7.05 Å². The number of rotatable bonds is 4. The van der Waals surface area contributed by atoms with E-state index in [9.17, 15) is 4.79 Å². The van der Waals surface area contributed by atoms with Gasteiger partial charge in [0.1, 0.15) is 0 Å². The molecule has 86 valence electrons. The third kappa shape index (κ3) is 3.27. The molecule has 0 bridgehead atoms. The van der Waals surface area contributed by atoms with E-state index < -0.39 is 0 Å². The monoisotopic (exact) mass is 210 g/mol. The van der Waals surface area contributed by atoms with E-state index in [1.807, 2.05) is 24.3 Å². The minimum Gasteiger partial charge on any atom is -0.383 e. The van der Waals surface area contributed by atoms with E-state index >= 15 is 0 Å². The average molecular weight is 210 g/mol. The standard InChI is InChI=1S/C12H18N2O.2H2/c1-4-9(2)14-11-7-5-10(6-8-11)12(15)13-3;;/h5-9,14H,4H2,1-3H3,(H,13,15);2*1H. The van der Waals surface area contributed by atoms with Gasteiger partial charge in [-0.1, -0.05) is 6.92 Å². The first kappa shape index (κ1) is 11.6. The topological polar surface area (TPSA) is 41.1 Å². The van der Waals surface area contributed by atoms with E-state index in [0.717, 1.165) is 12.1 Å². The van der Waals surface area contributed by atoms with Crippen LogP contribution in [0.3, 0.4) is 0 Å². The summed E-state index contributed by atoms with van der Waals surface area (Å²) in [6, 6.07) is 7.96. The van der Waals surface area contributed by atoms with Gasteiger partial charge in [-0.15, -0.1) is 0 Å². The zero-order chi connectivity index (χ0) is 11.3. The molecule has 0 aliphatic carbocycles. The van der Waals surface area contributed by atoms with Crippen LogP contribution in [0.15, 0.2) is 24.3 Å². The number of carbonyl (C=O) groups excluding carboxylic acids is 1. The van der Waals surface area contributed by atoms with E-state index in [4.69, 9.17) is 0 Å². The van der Waals surface area contributed by atoms with Gasteiger partial charge in [0.2, 0.25) is 0 Å². The third-order valence-corrected chi connectivity index (χ3v) is 2.40. The molecule has 1 rings (SSSR count). The van der Waals surface area contributed by atoms with Crippen molar-refractivity contribution in [2.75, 3.05) is 12.4 Å². The Labute approximate surface area is 93.9 Å². The predicted molar refractivity (Wildman–Crippen MR) is 67.4 cm³/mol. The van der Waals surface area contributed by atoms with Crippen molar-refractivity contribution in [2.45, 2.75) is 26.3 Å². The maximum absolute atomic E-state index is 11.3. The normalized spacial score (nSPS) is 11.9. The van der Waals surface area contributed by atoms with E-state index in [2.05, 4.69) is 24.5 Å². The van der Waals surface area contributed by atoms with Crippen LogP contribution in [0.4, 0.5) is 5.69 Å². The zero-order valence-electron chi connectivity index (χ0n) is 9.50. The third-order valence-electron chi connectivity index (χ3n) is 2.40. The highest BCUT2D eigenvalue weighted by molar-refractivity contribution is 5.94. The highest BCUT2D eigenvalue weighted by Gasteiger charge is 2.03. The number of hydrogen-bond acceptors (Lipinski definition) is 2. The van der Waals surface area contributed by atoms with Gasteiger partial charge in [0.15, 0.2) is 0 Å².